The molecule has 0 spiro atoms. The van der Waals surface area contributed by atoms with Crippen LogP contribution >= 0.6 is 11.6 Å². The highest BCUT2D eigenvalue weighted by Gasteiger charge is 2.34. The van der Waals surface area contributed by atoms with Gasteiger partial charge in [0.2, 0.25) is 0 Å². The van der Waals surface area contributed by atoms with E-state index in [4.69, 9.17) is 21.3 Å². The van der Waals surface area contributed by atoms with Gasteiger partial charge in [0, 0.05) is 22.6 Å². The Kier molecular flexibility index (Phi) is 4.86. The molecule has 3 rings (SSSR count). The summed E-state index contributed by atoms with van der Waals surface area (Å²) < 4.78 is 31.7. The van der Waals surface area contributed by atoms with E-state index in [9.17, 15) is 8.42 Å². The topological polar surface area (TPSA) is 70.0 Å². The molecule has 0 radical (unpaired) electrons. The smallest absolute Gasteiger partial charge is 0.282 e. The molecule has 1 heterocycles. The maximum atomic E-state index is 11.3. The Balaban J connectivity index is 2.01. The van der Waals surface area contributed by atoms with Crippen LogP contribution in [0.4, 0.5) is 5.69 Å². The first-order valence-corrected chi connectivity index (χ1v) is 10.1. The van der Waals surface area contributed by atoms with E-state index in [1.165, 1.54) is 12.1 Å². The lowest BCUT2D eigenvalue weighted by Crippen LogP contribution is -2.19. The lowest BCUT2D eigenvalue weighted by molar-refractivity contribution is 0.483. The number of nitrogens with zero attached hydrogens (tertiary/aromatic N) is 2. The summed E-state index contributed by atoms with van der Waals surface area (Å²) in [5.74, 6) is 0. The normalized spacial score (nSPS) is 18.1. The molecule has 0 fully saturated rings. The van der Waals surface area contributed by atoms with Crippen molar-refractivity contribution in [3.05, 3.63) is 59.1 Å². The van der Waals surface area contributed by atoms with Gasteiger partial charge in [0.05, 0.1) is 16.6 Å². The first kappa shape index (κ1) is 18.9. The Morgan fingerprint density at radius 1 is 1.08 bits per heavy atom. The van der Waals surface area contributed by atoms with Gasteiger partial charge in [-0.15, -0.1) is 0 Å². The van der Waals surface area contributed by atoms with Crippen LogP contribution in [-0.2, 0) is 10.1 Å². The lowest BCUT2D eigenvalue weighted by Gasteiger charge is -2.24. The second-order valence-electron chi connectivity index (χ2n) is 7.38. The van der Waals surface area contributed by atoms with Gasteiger partial charge in [-0.3, -0.25) is 9.56 Å². The Hall–Kier alpha value is -1.89. The van der Waals surface area contributed by atoms with E-state index in [-0.39, 0.29) is 16.4 Å². The molecule has 5 nitrogen and oxygen atoms in total. The highest BCUT2D eigenvalue weighted by atomic mass is 35.5. The van der Waals surface area contributed by atoms with E-state index >= 15 is 0 Å². The standard InChI is InChI=1S/C19H21ClN2O3S/c1-19(2,3)18-12-17(13-4-6-14(20)7-5-13)22(21-18)15-8-10-16(11-9-15)26(23,24)25/h4-11,17H,12H2,1-3H3,(H,23,24,25). The van der Waals surface area contributed by atoms with Crippen LogP contribution in [0.2, 0.25) is 5.02 Å². The molecule has 0 aromatic heterocycles. The van der Waals surface area contributed by atoms with Crippen molar-refractivity contribution in [3.8, 4) is 0 Å². The maximum Gasteiger partial charge on any atom is 0.294 e. The fourth-order valence-corrected chi connectivity index (χ4v) is 3.52. The van der Waals surface area contributed by atoms with E-state index in [2.05, 4.69) is 20.8 Å². The zero-order chi connectivity index (χ0) is 19.1. The molecule has 1 unspecified atom stereocenters. The maximum absolute atomic E-state index is 11.3. The molecule has 26 heavy (non-hydrogen) atoms. The number of rotatable bonds is 3. The summed E-state index contributed by atoms with van der Waals surface area (Å²) in [6.45, 7) is 6.36. The average molecular weight is 393 g/mol. The van der Waals surface area contributed by atoms with E-state index in [1.54, 1.807) is 12.1 Å². The van der Waals surface area contributed by atoms with Crippen LogP contribution in [-0.4, -0.2) is 18.7 Å². The van der Waals surface area contributed by atoms with Crippen molar-refractivity contribution in [2.75, 3.05) is 5.01 Å². The highest BCUT2D eigenvalue weighted by Crippen LogP contribution is 2.39. The molecular weight excluding hydrogens is 372 g/mol. The van der Waals surface area contributed by atoms with Gasteiger partial charge in [-0.2, -0.15) is 13.5 Å². The summed E-state index contributed by atoms with van der Waals surface area (Å²) in [5, 5.41) is 7.38. The summed E-state index contributed by atoms with van der Waals surface area (Å²) in [6.07, 6.45) is 0.769. The number of halogens is 1. The molecule has 0 amide bonds. The van der Waals surface area contributed by atoms with Gasteiger partial charge in [0.1, 0.15) is 0 Å². The van der Waals surface area contributed by atoms with E-state index in [0.29, 0.717) is 5.02 Å². The summed E-state index contributed by atoms with van der Waals surface area (Å²) in [5.41, 5.74) is 2.83. The summed E-state index contributed by atoms with van der Waals surface area (Å²) >= 11 is 6.01. The number of hydrogen-bond acceptors (Lipinski definition) is 4. The van der Waals surface area contributed by atoms with Gasteiger partial charge in [0.15, 0.2) is 0 Å². The summed E-state index contributed by atoms with van der Waals surface area (Å²) in [4.78, 5) is -0.136. The molecule has 1 atom stereocenters. The van der Waals surface area contributed by atoms with Crippen LogP contribution in [0.1, 0.15) is 38.8 Å². The largest absolute Gasteiger partial charge is 0.294 e. The minimum absolute atomic E-state index is 0.00178. The number of benzene rings is 2. The minimum Gasteiger partial charge on any atom is -0.282 e. The van der Waals surface area contributed by atoms with Crippen LogP contribution in [0.15, 0.2) is 58.5 Å². The number of hydrazone groups is 1. The predicted octanol–water partition coefficient (Wildman–Crippen LogP) is 4.94. The quantitative estimate of drug-likeness (QED) is 0.751. The van der Waals surface area contributed by atoms with Gasteiger partial charge in [0.25, 0.3) is 10.1 Å². The van der Waals surface area contributed by atoms with Crippen molar-refractivity contribution in [2.45, 2.75) is 38.1 Å². The predicted molar refractivity (Wildman–Crippen MR) is 104 cm³/mol. The zero-order valence-corrected chi connectivity index (χ0v) is 16.4. The fourth-order valence-electron chi connectivity index (χ4n) is 2.92. The molecule has 2 aromatic rings. The average Bonchev–Trinajstić information content (AvgIpc) is 3.00. The van der Waals surface area contributed by atoms with E-state index < -0.39 is 10.1 Å². The molecule has 2 aromatic carbocycles. The van der Waals surface area contributed by atoms with Gasteiger partial charge in [-0.25, -0.2) is 0 Å². The molecule has 0 aliphatic carbocycles. The summed E-state index contributed by atoms with van der Waals surface area (Å²) in [7, 11) is -4.22. The monoisotopic (exact) mass is 392 g/mol. The van der Waals surface area contributed by atoms with Crippen LogP contribution in [0.25, 0.3) is 0 Å². The van der Waals surface area contributed by atoms with E-state index in [0.717, 1.165) is 23.4 Å². The van der Waals surface area contributed by atoms with E-state index in [1.807, 2.05) is 29.3 Å². The van der Waals surface area contributed by atoms with Crippen LogP contribution in [0, 0.1) is 5.41 Å². The summed E-state index contributed by atoms with van der Waals surface area (Å²) in [6, 6.07) is 13.7. The van der Waals surface area contributed by atoms with Gasteiger partial charge < -0.3 is 0 Å². The van der Waals surface area contributed by atoms with Gasteiger partial charge in [-0.05, 0) is 42.0 Å². The Morgan fingerprint density at radius 2 is 1.65 bits per heavy atom. The number of hydrogen-bond donors (Lipinski definition) is 1. The Labute approximate surface area is 159 Å². The van der Waals surface area contributed by atoms with Crippen molar-refractivity contribution in [1.82, 2.24) is 0 Å². The third-order valence-electron chi connectivity index (χ3n) is 4.43. The third kappa shape index (κ3) is 3.92. The zero-order valence-electron chi connectivity index (χ0n) is 14.8. The van der Waals surface area contributed by atoms with Gasteiger partial charge in [-0.1, -0.05) is 44.5 Å². The lowest BCUT2D eigenvalue weighted by atomic mass is 9.86. The highest BCUT2D eigenvalue weighted by molar-refractivity contribution is 7.85. The molecule has 0 saturated heterocycles. The van der Waals surface area contributed by atoms with Crippen molar-refractivity contribution in [3.63, 3.8) is 0 Å². The van der Waals surface area contributed by atoms with Crippen LogP contribution < -0.4 is 5.01 Å². The van der Waals surface area contributed by atoms with Crippen molar-refractivity contribution in [1.29, 1.82) is 0 Å². The molecule has 0 saturated carbocycles. The van der Waals surface area contributed by atoms with Crippen LogP contribution in [0.5, 0.6) is 0 Å². The van der Waals surface area contributed by atoms with Gasteiger partial charge >= 0.3 is 0 Å². The van der Waals surface area contributed by atoms with Crippen molar-refractivity contribution >= 4 is 33.1 Å². The van der Waals surface area contributed by atoms with Crippen molar-refractivity contribution < 1.29 is 13.0 Å². The third-order valence-corrected chi connectivity index (χ3v) is 5.55. The molecule has 138 valence electrons. The SMILES string of the molecule is CC(C)(C)C1=NN(c2ccc(S(=O)(=O)O)cc2)C(c2ccc(Cl)cc2)C1. The molecule has 7 heteroatoms. The number of anilines is 1. The minimum atomic E-state index is -4.22. The van der Waals surface area contributed by atoms with Crippen molar-refractivity contribution in [2.24, 2.45) is 10.5 Å². The molecule has 0 bridgehead atoms. The first-order valence-electron chi connectivity index (χ1n) is 8.26. The fraction of sp³-hybridized carbons (Fsp3) is 0.316. The molecule has 1 aliphatic rings. The Morgan fingerprint density at radius 3 is 2.15 bits per heavy atom. The second-order valence-corrected chi connectivity index (χ2v) is 9.24. The second kappa shape index (κ2) is 6.68. The molecular formula is C19H21ClN2O3S. The molecule has 1 N–H and O–H groups in total. The first-order chi connectivity index (χ1) is 12.1. The molecule has 1 aliphatic heterocycles. The Bertz CT molecular complexity index is 930. The van der Waals surface area contributed by atoms with Crippen LogP contribution in [0.3, 0.4) is 0 Å².